The number of rotatable bonds is 6. The van der Waals surface area contributed by atoms with Gasteiger partial charge in [-0.3, -0.25) is 14.4 Å². The molecule has 0 unspecified atom stereocenters. The molecule has 3 N–H and O–H groups in total. The van der Waals surface area contributed by atoms with Gasteiger partial charge in [0.2, 0.25) is 5.43 Å². The maximum Gasteiger partial charge on any atom is 0.257 e. The number of amides is 1. The van der Waals surface area contributed by atoms with Crippen LogP contribution in [0.15, 0.2) is 23.1 Å². The minimum atomic E-state index is -1.20. The highest BCUT2D eigenvalue weighted by molar-refractivity contribution is 6.03. The number of Topliss-reactive ketones (excluding diaryl/α,β-unsaturated/α-hetero) is 1. The maximum atomic E-state index is 13.8. The fourth-order valence-corrected chi connectivity index (χ4v) is 4.00. The first-order chi connectivity index (χ1) is 15.0. The minimum absolute atomic E-state index is 0.108. The number of aliphatic hydroxyl groups excluding tert-OH is 1. The van der Waals surface area contributed by atoms with E-state index >= 15 is 0 Å². The molecule has 0 saturated heterocycles. The maximum absolute atomic E-state index is 13.8. The number of ketones is 1. The quantitative estimate of drug-likeness (QED) is 0.624. The first kappa shape index (κ1) is 23.5. The van der Waals surface area contributed by atoms with Crippen LogP contribution in [0.25, 0.3) is 0 Å². The number of hydrogen-bond donors (Lipinski definition) is 3. The van der Waals surface area contributed by atoms with Crippen molar-refractivity contribution >= 4 is 11.7 Å². The molecule has 0 fully saturated rings. The van der Waals surface area contributed by atoms with Crippen molar-refractivity contribution in [2.75, 3.05) is 6.61 Å². The standard InChI is InChI=1S/C22H23F3N2O5/c1-11-9-27-10-14(21(32)26-8-13-15(24)6-12(23)7-16(13)25)18(29)19(30)17(27)20(31)22(11,2)4-3-5-28/h6-7,10-11,28,30H,3-5,8-9H2,1-2H3,(H,26,32)/t11-,22-/m1/s1. The zero-order valence-corrected chi connectivity index (χ0v) is 17.5. The number of aliphatic hydroxyl groups is 1. The molecule has 10 heteroatoms. The number of carbonyl (C=O) groups is 2. The van der Waals surface area contributed by atoms with Crippen LogP contribution in [0.2, 0.25) is 0 Å². The van der Waals surface area contributed by atoms with Crippen LogP contribution in [0, 0.1) is 28.8 Å². The zero-order chi connectivity index (χ0) is 23.8. The fraction of sp³-hybridized carbons (Fsp3) is 0.409. The van der Waals surface area contributed by atoms with Gasteiger partial charge >= 0.3 is 0 Å². The van der Waals surface area contributed by atoms with Crippen LogP contribution in [0.1, 0.15) is 53.1 Å². The fourth-order valence-electron chi connectivity index (χ4n) is 4.00. The third-order valence-electron chi connectivity index (χ3n) is 6.18. The number of benzene rings is 1. The first-order valence-electron chi connectivity index (χ1n) is 10.0. The molecule has 3 rings (SSSR count). The second-order valence-corrected chi connectivity index (χ2v) is 8.23. The number of halogens is 3. The largest absolute Gasteiger partial charge is 0.503 e. The number of nitrogens with one attached hydrogen (secondary N) is 1. The van der Waals surface area contributed by atoms with Crippen LogP contribution >= 0.6 is 0 Å². The van der Waals surface area contributed by atoms with Crippen molar-refractivity contribution in [2.24, 2.45) is 11.3 Å². The molecule has 1 aliphatic heterocycles. The average Bonchev–Trinajstić information content (AvgIpc) is 2.72. The summed E-state index contributed by atoms with van der Waals surface area (Å²) in [5, 5.41) is 21.8. The number of fused-ring (bicyclic) bond motifs is 1. The lowest BCUT2D eigenvalue weighted by molar-refractivity contribution is 0.0576. The monoisotopic (exact) mass is 452 g/mol. The molecule has 2 aromatic rings. The van der Waals surface area contributed by atoms with E-state index in [1.807, 2.05) is 6.92 Å². The molecule has 1 aromatic heterocycles. The summed E-state index contributed by atoms with van der Waals surface area (Å²) >= 11 is 0. The SMILES string of the molecule is C[C@@H]1Cn2cc(C(=O)NCc3c(F)cc(F)cc3F)c(=O)c(O)c2C(=O)[C@]1(C)CCCO. The molecule has 0 aliphatic carbocycles. The van der Waals surface area contributed by atoms with Gasteiger partial charge in [-0.25, -0.2) is 13.2 Å². The summed E-state index contributed by atoms with van der Waals surface area (Å²) in [6, 6.07) is 0.927. The van der Waals surface area contributed by atoms with Gasteiger partial charge in [0.1, 0.15) is 28.7 Å². The molecule has 1 aromatic carbocycles. The second-order valence-electron chi connectivity index (χ2n) is 8.23. The minimum Gasteiger partial charge on any atom is -0.503 e. The molecule has 0 saturated carbocycles. The van der Waals surface area contributed by atoms with E-state index in [2.05, 4.69) is 5.32 Å². The number of aromatic hydroxyl groups is 1. The average molecular weight is 452 g/mol. The van der Waals surface area contributed by atoms with E-state index in [0.717, 1.165) is 6.20 Å². The summed E-state index contributed by atoms with van der Waals surface area (Å²) in [6.45, 7) is 2.97. The summed E-state index contributed by atoms with van der Waals surface area (Å²) in [7, 11) is 0. The van der Waals surface area contributed by atoms with Crippen LogP contribution in [-0.2, 0) is 13.1 Å². The molecule has 32 heavy (non-hydrogen) atoms. The predicted octanol–water partition coefficient (Wildman–Crippen LogP) is 2.51. The van der Waals surface area contributed by atoms with Crippen molar-refractivity contribution in [3.05, 3.63) is 62.8 Å². The van der Waals surface area contributed by atoms with Gasteiger partial charge < -0.3 is 20.1 Å². The Hall–Kier alpha value is -3.14. The van der Waals surface area contributed by atoms with Gasteiger partial charge in [-0.05, 0) is 18.8 Å². The molecule has 7 nitrogen and oxygen atoms in total. The molecule has 0 spiro atoms. The van der Waals surface area contributed by atoms with Crippen molar-refractivity contribution < 1.29 is 33.0 Å². The van der Waals surface area contributed by atoms with Crippen molar-refractivity contribution in [1.29, 1.82) is 0 Å². The molecule has 0 bridgehead atoms. The van der Waals surface area contributed by atoms with Crippen molar-refractivity contribution in [1.82, 2.24) is 9.88 Å². The van der Waals surface area contributed by atoms with E-state index in [0.29, 0.717) is 25.0 Å². The van der Waals surface area contributed by atoms with Gasteiger partial charge in [-0.2, -0.15) is 0 Å². The number of pyridine rings is 1. The number of nitrogens with zero attached hydrogens (tertiary/aromatic N) is 1. The molecule has 172 valence electrons. The van der Waals surface area contributed by atoms with Gasteiger partial charge in [0.15, 0.2) is 11.5 Å². The van der Waals surface area contributed by atoms with Gasteiger partial charge in [-0.1, -0.05) is 13.8 Å². The number of carbonyl (C=O) groups excluding carboxylic acids is 2. The molecule has 2 heterocycles. The lowest BCUT2D eigenvalue weighted by Crippen LogP contribution is -2.44. The number of hydrogen-bond acceptors (Lipinski definition) is 5. The van der Waals surface area contributed by atoms with Crippen LogP contribution in [0.5, 0.6) is 5.75 Å². The smallest absolute Gasteiger partial charge is 0.257 e. The molecular formula is C22H23F3N2O5. The van der Waals surface area contributed by atoms with E-state index in [4.69, 9.17) is 5.11 Å². The van der Waals surface area contributed by atoms with Crippen LogP contribution in [0.4, 0.5) is 13.2 Å². The Bertz CT molecular complexity index is 1120. The molecule has 0 radical (unpaired) electrons. The van der Waals surface area contributed by atoms with Crippen molar-refractivity contribution in [3.63, 3.8) is 0 Å². The van der Waals surface area contributed by atoms with Gasteiger partial charge in [-0.15, -0.1) is 0 Å². The Morgan fingerprint density at radius 2 is 1.88 bits per heavy atom. The highest BCUT2D eigenvalue weighted by atomic mass is 19.1. The Labute approximate surface area is 181 Å². The molecule has 1 amide bonds. The van der Waals surface area contributed by atoms with E-state index < -0.39 is 63.4 Å². The van der Waals surface area contributed by atoms with E-state index in [-0.39, 0.29) is 24.8 Å². The number of aromatic nitrogens is 1. The summed E-state index contributed by atoms with van der Waals surface area (Å²) in [6.07, 6.45) is 1.85. The van der Waals surface area contributed by atoms with E-state index in [1.165, 1.54) is 4.57 Å². The Balaban J connectivity index is 1.92. The van der Waals surface area contributed by atoms with Crippen LogP contribution in [0.3, 0.4) is 0 Å². The third-order valence-corrected chi connectivity index (χ3v) is 6.18. The lowest BCUT2D eigenvalue weighted by Gasteiger charge is -2.40. The third kappa shape index (κ3) is 4.02. The summed E-state index contributed by atoms with van der Waals surface area (Å²) in [4.78, 5) is 38.2. The highest BCUT2D eigenvalue weighted by Crippen LogP contribution is 2.42. The van der Waals surface area contributed by atoms with Gasteiger partial charge in [0.25, 0.3) is 5.91 Å². The summed E-state index contributed by atoms with van der Waals surface area (Å²) in [5.74, 6) is -6.11. The second kappa shape index (κ2) is 8.78. The van der Waals surface area contributed by atoms with Crippen molar-refractivity contribution in [2.45, 2.75) is 39.8 Å². The Morgan fingerprint density at radius 3 is 2.47 bits per heavy atom. The normalized spacial score (nSPS) is 20.2. The highest BCUT2D eigenvalue weighted by Gasteiger charge is 2.45. The summed E-state index contributed by atoms with van der Waals surface area (Å²) in [5.41, 5.74) is -3.32. The summed E-state index contributed by atoms with van der Waals surface area (Å²) < 4.78 is 41.9. The van der Waals surface area contributed by atoms with E-state index in [1.54, 1.807) is 6.92 Å². The van der Waals surface area contributed by atoms with E-state index in [9.17, 15) is 32.7 Å². The predicted molar refractivity (Wildman–Crippen MR) is 108 cm³/mol. The van der Waals surface area contributed by atoms with Crippen molar-refractivity contribution in [3.8, 4) is 5.75 Å². The lowest BCUT2D eigenvalue weighted by atomic mass is 9.68. The molecule has 2 atom stereocenters. The van der Waals surface area contributed by atoms with Gasteiger partial charge in [0.05, 0.1) is 0 Å². The zero-order valence-electron chi connectivity index (χ0n) is 17.5. The Morgan fingerprint density at radius 1 is 1.25 bits per heavy atom. The Kier molecular flexibility index (Phi) is 6.45. The van der Waals surface area contributed by atoms with Gasteiger partial charge in [0, 0.05) is 49.0 Å². The topological polar surface area (TPSA) is 109 Å². The molecule has 1 aliphatic rings. The van der Waals surface area contributed by atoms with Crippen LogP contribution < -0.4 is 10.7 Å². The molecular weight excluding hydrogens is 429 g/mol. The first-order valence-corrected chi connectivity index (χ1v) is 10.0. The van der Waals surface area contributed by atoms with Crippen LogP contribution in [-0.4, -0.2) is 33.1 Å².